The summed E-state index contributed by atoms with van der Waals surface area (Å²) in [4.78, 5) is 0. The quantitative estimate of drug-likeness (QED) is 0.603. The largest absolute Gasteiger partial charge is 0.0715 e. The Labute approximate surface area is 71.6 Å². The summed E-state index contributed by atoms with van der Waals surface area (Å²) in [5.41, 5.74) is 0. The fourth-order valence-corrected chi connectivity index (χ4v) is 0. The van der Waals surface area contributed by atoms with Crippen molar-refractivity contribution in [2.75, 3.05) is 0 Å². The maximum Gasteiger partial charge on any atom is 0.0379 e. The number of hydrogen-bond acceptors (Lipinski definition) is 0. The molecule has 0 nitrogen and oxygen atoms in total. The van der Waals surface area contributed by atoms with Gasteiger partial charge in [-0.1, -0.05) is 19.6 Å². The molecule has 0 fully saturated rings. The van der Waals surface area contributed by atoms with Crippen LogP contribution >= 0.6 is 0 Å². The second-order valence-electron chi connectivity index (χ2n) is 2.89. The van der Waals surface area contributed by atoms with E-state index in [1.54, 1.807) is 0 Å². The third kappa shape index (κ3) is 204. The van der Waals surface area contributed by atoms with Gasteiger partial charge >= 0.3 is 43.4 Å². The van der Waals surface area contributed by atoms with Gasteiger partial charge in [0.15, 0.2) is 0 Å². The van der Waals surface area contributed by atoms with Crippen LogP contribution < -0.4 is 0 Å². The Balaban J connectivity index is 0. The molecule has 0 aromatic heterocycles. The second kappa shape index (κ2) is 8.15. The van der Waals surface area contributed by atoms with Gasteiger partial charge in [-0.15, -0.1) is 0 Å². The van der Waals surface area contributed by atoms with Crippen LogP contribution in [-0.2, 0) is 26.1 Å². The van der Waals surface area contributed by atoms with Crippen molar-refractivity contribution in [3.8, 4) is 0 Å². The molecule has 0 aromatic carbocycles. The summed E-state index contributed by atoms with van der Waals surface area (Å²) in [6.45, 7) is 11.3. The zero-order chi connectivity index (χ0) is 7.15. The van der Waals surface area contributed by atoms with Gasteiger partial charge in [-0.3, -0.25) is 0 Å². The molecule has 0 aromatic rings. The van der Waals surface area contributed by atoms with Crippen LogP contribution in [0.4, 0.5) is 0 Å². The molecule has 1 radical (unpaired) electrons. The molecule has 0 spiro atoms. The third-order valence-corrected chi connectivity index (χ3v) is 0. The normalized spacial score (nSPS) is 9.12. The zero-order valence-corrected chi connectivity index (χ0v) is 13.3. The average molecular weight is 317 g/mol. The smallest absolute Gasteiger partial charge is 0.0379 e. The van der Waals surface area contributed by atoms with Crippen LogP contribution in [0, 0.1) is 0 Å². The summed E-state index contributed by atoms with van der Waals surface area (Å²) in [7, 11) is 0.120. The first kappa shape index (κ1) is 11.9. The van der Waals surface area contributed by atoms with Gasteiger partial charge in [0.1, 0.15) is 0 Å². The number of hydrogen-bond donors (Lipinski definition) is 0. The molecule has 0 atom stereocenters. The van der Waals surface area contributed by atoms with Crippen LogP contribution in [-0.4, -0.2) is 8.80 Å². The Bertz CT molecular complexity index is 24.0. The van der Waals surface area contributed by atoms with Crippen molar-refractivity contribution in [3.05, 3.63) is 0 Å². The molecule has 8 heavy (non-hydrogen) atoms. The minimum atomic E-state index is 0.120. The monoisotopic (exact) mass is 318 g/mol. The Morgan fingerprint density at radius 3 is 1.12 bits per heavy atom. The van der Waals surface area contributed by atoms with E-state index >= 15 is 0 Å². The fourth-order valence-electron chi connectivity index (χ4n) is 0. The molecule has 0 N–H and O–H groups in total. The van der Waals surface area contributed by atoms with Gasteiger partial charge in [0.2, 0.25) is 0 Å². The van der Waals surface area contributed by atoms with Crippen molar-refractivity contribution >= 4 is 8.80 Å². The van der Waals surface area contributed by atoms with Crippen LogP contribution in [0.5, 0.6) is 0 Å². The minimum Gasteiger partial charge on any atom is -0.0715 e. The predicted octanol–water partition coefficient (Wildman–Crippen LogP) is 2.73. The van der Waals surface area contributed by atoms with Crippen LogP contribution in [0.25, 0.3) is 0 Å². The van der Waals surface area contributed by atoms with E-state index < -0.39 is 0 Å². The molecular weight excluding hydrogens is 301 g/mol. The van der Waals surface area contributed by atoms with E-state index in [9.17, 15) is 0 Å². The summed E-state index contributed by atoms with van der Waals surface area (Å²) in [6, 6.07) is 0. The van der Waals surface area contributed by atoms with Crippen molar-refractivity contribution in [1.82, 2.24) is 0 Å². The molecule has 0 rings (SSSR count). The Morgan fingerprint density at radius 2 is 1.12 bits per heavy atom. The van der Waals surface area contributed by atoms with E-state index in [-0.39, 0.29) is 8.80 Å². The SMILES string of the molecule is C[CH](C)[Hg].C[Si](C)C. The van der Waals surface area contributed by atoms with Crippen LogP contribution in [0.2, 0.25) is 23.1 Å². The maximum atomic E-state index is 2.27. The molecule has 0 heterocycles. The third-order valence-electron chi connectivity index (χ3n) is 0. The molecule has 0 aliphatic rings. The first-order valence-electron chi connectivity index (χ1n) is 3.06. The van der Waals surface area contributed by atoms with Gasteiger partial charge in [0, 0.05) is 8.80 Å². The molecule has 0 bridgehead atoms. The van der Waals surface area contributed by atoms with Gasteiger partial charge in [-0.25, -0.2) is 0 Å². The van der Waals surface area contributed by atoms with Crippen LogP contribution in [0.15, 0.2) is 0 Å². The second-order valence-corrected chi connectivity index (χ2v) is 12.2. The fraction of sp³-hybridized carbons (Fsp3) is 1.00. The van der Waals surface area contributed by atoms with Gasteiger partial charge < -0.3 is 0 Å². The van der Waals surface area contributed by atoms with Crippen molar-refractivity contribution in [2.45, 2.75) is 36.9 Å². The predicted molar refractivity (Wildman–Crippen MR) is 38.4 cm³/mol. The minimum absolute atomic E-state index is 0.120. The Morgan fingerprint density at radius 1 is 1.12 bits per heavy atom. The molecule has 0 unspecified atom stereocenters. The summed E-state index contributed by atoms with van der Waals surface area (Å²) >= 11 is 1.02. The summed E-state index contributed by atoms with van der Waals surface area (Å²) < 4.78 is 1.03. The van der Waals surface area contributed by atoms with Gasteiger partial charge in [0.05, 0.1) is 0 Å². The van der Waals surface area contributed by atoms with E-state index in [1.165, 1.54) is 0 Å². The molecule has 0 saturated carbocycles. The van der Waals surface area contributed by atoms with E-state index in [1.807, 2.05) is 0 Å². The van der Waals surface area contributed by atoms with Gasteiger partial charge in [0.25, 0.3) is 0 Å². The molecule has 46 valence electrons. The maximum absolute atomic E-state index is 2.27. The molecule has 0 amide bonds. The summed E-state index contributed by atoms with van der Waals surface area (Å²) in [5, 5.41) is 0. The van der Waals surface area contributed by atoms with E-state index in [4.69, 9.17) is 0 Å². The van der Waals surface area contributed by atoms with Crippen molar-refractivity contribution in [3.63, 3.8) is 0 Å². The van der Waals surface area contributed by atoms with Crippen molar-refractivity contribution in [2.24, 2.45) is 0 Å². The standard InChI is InChI=1S/C3H9Si.C3H7.Hg/c1-4(2)3;1-3-2;/h1-3H3;3H,1-2H3;. The zero-order valence-electron chi connectivity index (χ0n) is 6.78. The topological polar surface area (TPSA) is 0 Å². The van der Waals surface area contributed by atoms with Crippen molar-refractivity contribution < 1.29 is 26.1 Å². The summed E-state index contributed by atoms with van der Waals surface area (Å²) in [6.07, 6.45) is 0. The molecule has 0 aliphatic carbocycles. The van der Waals surface area contributed by atoms with E-state index in [0.717, 1.165) is 29.5 Å². The number of rotatable bonds is 0. The summed E-state index contributed by atoms with van der Waals surface area (Å²) in [5.74, 6) is 0. The van der Waals surface area contributed by atoms with E-state index in [2.05, 4.69) is 33.5 Å². The Hall–Kier alpha value is 1.15. The van der Waals surface area contributed by atoms with Crippen molar-refractivity contribution in [1.29, 1.82) is 0 Å². The van der Waals surface area contributed by atoms with Crippen LogP contribution in [0.3, 0.4) is 0 Å². The first-order valence-corrected chi connectivity index (χ1v) is 9.24. The first-order chi connectivity index (χ1) is 3.46. The molecule has 0 saturated heterocycles. The van der Waals surface area contributed by atoms with Gasteiger partial charge in [-0.05, 0) is 0 Å². The molecule has 0 aliphatic heterocycles. The Kier molecular flexibility index (Phi) is 12.1. The van der Waals surface area contributed by atoms with E-state index in [0.29, 0.717) is 0 Å². The molecule has 2 heteroatoms. The van der Waals surface area contributed by atoms with Crippen LogP contribution in [0.1, 0.15) is 13.8 Å². The average Bonchev–Trinajstić information content (AvgIpc) is 1.25. The molecular formula is C6H16HgSi. The van der Waals surface area contributed by atoms with Gasteiger partial charge in [-0.2, -0.15) is 0 Å².